The maximum atomic E-state index is 11.6. The zero-order valence-corrected chi connectivity index (χ0v) is 12.4. The lowest BCUT2D eigenvalue weighted by Crippen LogP contribution is -2.35. The third kappa shape index (κ3) is 4.56. The number of carbonyl (C=O) groups is 1. The number of likely N-dealkylation sites (N-methyl/N-ethyl adjacent to an activating group) is 2. The number of hydrogen-bond acceptors (Lipinski definition) is 4. The summed E-state index contributed by atoms with van der Waals surface area (Å²) in [5.74, 6) is -0.0457. The van der Waals surface area contributed by atoms with Crippen molar-refractivity contribution in [3.05, 3.63) is 29.3 Å². The molecular weight excluding hydrogens is 252 g/mol. The normalized spacial score (nSPS) is 9.90. The Bertz CT molecular complexity index is 493. The van der Waals surface area contributed by atoms with Crippen molar-refractivity contribution in [2.24, 2.45) is 0 Å². The van der Waals surface area contributed by atoms with Gasteiger partial charge in [0.15, 0.2) is 0 Å². The van der Waals surface area contributed by atoms with E-state index in [-0.39, 0.29) is 12.5 Å². The number of nitriles is 1. The second-order valence-electron chi connectivity index (χ2n) is 4.55. The van der Waals surface area contributed by atoms with Gasteiger partial charge in [0.1, 0.15) is 6.07 Å². The number of nitrogens with zero attached hydrogens (tertiary/aromatic N) is 2. The van der Waals surface area contributed by atoms with E-state index in [0.29, 0.717) is 12.1 Å². The summed E-state index contributed by atoms with van der Waals surface area (Å²) in [5, 5.41) is 15.2. The van der Waals surface area contributed by atoms with Crippen molar-refractivity contribution in [2.75, 3.05) is 31.6 Å². The van der Waals surface area contributed by atoms with Gasteiger partial charge in [-0.1, -0.05) is 13.0 Å². The van der Waals surface area contributed by atoms with E-state index in [2.05, 4.69) is 16.7 Å². The van der Waals surface area contributed by atoms with Crippen LogP contribution in [0, 0.1) is 11.3 Å². The van der Waals surface area contributed by atoms with Gasteiger partial charge in [0.25, 0.3) is 0 Å². The van der Waals surface area contributed by atoms with Crippen LogP contribution in [0.1, 0.15) is 25.0 Å². The number of anilines is 1. The molecule has 0 atom stereocenters. The first kappa shape index (κ1) is 16.0. The van der Waals surface area contributed by atoms with Gasteiger partial charge in [-0.15, -0.1) is 0 Å². The molecule has 0 aliphatic carbocycles. The molecule has 1 aromatic carbocycles. The second-order valence-corrected chi connectivity index (χ2v) is 4.55. The number of rotatable bonds is 7. The minimum atomic E-state index is -0.0457. The van der Waals surface area contributed by atoms with E-state index in [9.17, 15) is 10.1 Å². The summed E-state index contributed by atoms with van der Waals surface area (Å²) in [6, 6.07) is 7.94. The molecule has 0 aliphatic rings. The summed E-state index contributed by atoms with van der Waals surface area (Å²) in [6.07, 6.45) is 0. The first-order chi connectivity index (χ1) is 9.62. The highest BCUT2D eigenvalue weighted by Gasteiger charge is 2.11. The van der Waals surface area contributed by atoms with Crippen molar-refractivity contribution in [1.29, 1.82) is 5.26 Å². The number of amides is 1. The fraction of sp³-hybridized carbons (Fsp3) is 0.467. The standard InChI is InChI=1S/C15H22N4O/c1-4-17-10-12-6-7-14(13(8-12)9-16)19(3)11-15(20)18-5-2/h6-8,17H,4-5,10-11H2,1-3H3,(H,18,20). The van der Waals surface area contributed by atoms with Crippen LogP contribution in [0.2, 0.25) is 0 Å². The largest absolute Gasteiger partial charge is 0.364 e. The number of nitrogens with one attached hydrogen (secondary N) is 2. The van der Waals surface area contributed by atoms with Gasteiger partial charge in [-0.05, 0) is 31.2 Å². The van der Waals surface area contributed by atoms with Crippen molar-refractivity contribution < 1.29 is 4.79 Å². The van der Waals surface area contributed by atoms with Crippen molar-refractivity contribution in [3.8, 4) is 6.07 Å². The molecule has 0 radical (unpaired) electrons. The molecule has 0 saturated heterocycles. The van der Waals surface area contributed by atoms with Crippen LogP contribution in [0.25, 0.3) is 0 Å². The molecule has 108 valence electrons. The molecule has 0 heterocycles. The molecule has 1 rings (SSSR count). The zero-order chi connectivity index (χ0) is 15.0. The highest BCUT2D eigenvalue weighted by molar-refractivity contribution is 5.81. The zero-order valence-electron chi connectivity index (χ0n) is 12.4. The molecular formula is C15H22N4O. The predicted molar refractivity (Wildman–Crippen MR) is 80.5 cm³/mol. The van der Waals surface area contributed by atoms with Gasteiger partial charge in [-0.3, -0.25) is 4.79 Å². The molecule has 0 bridgehead atoms. The van der Waals surface area contributed by atoms with Gasteiger partial charge in [-0.25, -0.2) is 0 Å². The first-order valence-electron chi connectivity index (χ1n) is 6.83. The Morgan fingerprint density at radius 1 is 1.35 bits per heavy atom. The minimum Gasteiger partial charge on any atom is -0.364 e. The topological polar surface area (TPSA) is 68.2 Å². The Labute approximate surface area is 120 Å². The molecule has 5 heteroatoms. The van der Waals surface area contributed by atoms with Gasteiger partial charge in [0, 0.05) is 20.1 Å². The Morgan fingerprint density at radius 3 is 2.70 bits per heavy atom. The van der Waals surface area contributed by atoms with Crippen LogP contribution < -0.4 is 15.5 Å². The summed E-state index contributed by atoms with van der Waals surface area (Å²) in [4.78, 5) is 13.4. The molecule has 5 nitrogen and oxygen atoms in total. The summed E-state index contributed by atoms with van der Waals surface area (Å²) >= 11 is 0. The Hall–Kier alpha value is -2.06. The van der Waals surface area contributed by atoms with Gasteiger partial charge in [0.05, 0.1) is 17.8 Å². The Balaban J connectivity index is 2.84. The smallest absolute Gasteiger partial charge is 0.239 e. The lowest BCUT2D eigenvalue weighted by Gasteiger charge is -2.20. The third-order valence-corrected chi connectivity index (χ3v) is 2.93. The van der Waals surface area contributed by atoms with E-state index in [0.717, 1.165) is 24.3 Å². The average Bonchev–Trinajstić information content (AvgIpc) is 2.44. The summed E-state index contributed by atoms with van der Waals surface area (Å²) in [5.41, 5.74) is 2.43. The molecule has 1 aromatic rings. The van der Waals surface area contributed by atoms with Crippen LogP contribution >= 0.6 is 0 Å². The maximum Gasteiger partial charge on any atom is 0.239 e. The quantitative estimate of drug-likeness (QED) is 0.785. The van der Waals surface area contributed by atoms with Crippen LogP contribution in [0.4, 0.5) is 5.69 Å². The van der Waals surface area contributed by atoms with Crippen molar-refractivity contribution in [2.45, 2.75) is 20.4 Å². The number of carbonyl (C=O) groups excluding carboxylic acids is 1. The molecule has 0 aromatic heterocycles. The summed E-state index contributed by atoms with van der Waals surface area (Å²) < 4.78 is 0. The van der Waals surface area contributed by atoms with Crippen molar-refractivity contribution in [3.63, 3.8) is 0 Å². The molecule has 0 spiro atoms. The highest BCUT2D eigenvalue weighted by Crippen LogP contribution is 2.20. The molecule has 0 saturated carbocycles. The van der Waals surface area contributed by atoms with Crippen molar-refractivity contribution in [1.82, 2.24) is 10.6 Å². The fourth-order valence-electron chi connectivity index (χ4n) is 1.94. The predicted octanol–water partition coefficient (Wildman–Crippen LogP) is 1.24. The van der Waals surface area contributed by atoms with Crippen LogP contribution in [-0.2, 0) is 11.3 Å². The van der Waals surface area contributed by atoms with E-state index in [1.807, 2.05) is 39.1 Å². The van der Waals surface area contributed by atoms with E-state index in [1.165, 1.54) is 0 Å². The third-order valence-electron chi connectivity index (χ3n) is 2.93. The molecule has 1 amide bonds. The van der Waals surface area contributed by atoms with E-state index < -0.39 is 0 Å². The van der Waals surface area contributed by atoms with Crippen LogP contribution in [-0.4, -0.2) is 32.6 Å². The lowest BCUT2D eigenvalue weighted by atomic mass is 10.1. The fourth-order valence-corrected chi connectivity index (χ4v) is 1.94. The van der Waals surface area contributed by atoms with Gasteiger partial charge in [-0.2, -0.15) is 5.26 Å². The molecule has 0 unspecified atom stereocenters. The molecule has 0 aliphatic heterocycles. The van der Waals surface area contributed by atoms with Gasteiger partial charge < -0.3 is 15.5 Å². The highest BCUT2D eigenvalue weighted by atomic mass is 16.2. The van der Waals surface area contributed by atoms with E-state index in [1.54, 1.807) is 4.90 Å². The van der Waals surface area contributed by atoms with Crippen LogP contribution in [0.5, 0.6) is 0 Å². The van der Waals surface area contributed by atoms with E-state index >= 15 is 0 Å². The van der Waals surface area contributed by atoms with Crippen molar-refractivity contribution >= 4 is 11.6 Å². The monoisotopic (exact) mass is 274 g/mol. The number of benzene rings is 1. The van der Waals surface area contributed by atoms with Gasteiger partial charge in [0.2, 0.25) is 5.91 Å². The Morgan fingerprint density at radius 2 is 2.10 bits per heavy atom. The molecule has 20 heavy (non-hydrogen) atoms. The first-order valence-corrected chi connectivity index (χ1v) is 6.83. The second kappa shape index (κ2) is 8.18. The molecule has 2 N–H and O–H groups in total. The average molecular weight is 274 g/mol. The Kier molecular flexibility index (Phi) is 6.54. The maximum absolute atomic E-state index is 11.6. The lowest BCUT2D eigenvalue weighted by molar-refractivity contribution is -0.119. The minimum absolute atomic E-state index is 0.0457. The summed E-state index contributed by atoms with van der Waals surface area (Å²) in [6.45, 7) is 6.41. The van der Waals surface area contributed by atoms with Crippen LogP contribution in [0.3, 0.4) is 0 Å². The molecule has 0 fully saturated rings. The van der Waals surface area contributed by atoms with Crippen LogP contribution in [0.15, 0.2) is 18.2 Å². The summed E-state index contributed by atoms with van der Waals surface area (Å²) in [7, 11) is 1.81. The number of hydrogen-bond donors (Lipinski definition) is 2. The SMILES string of the molecule is CCNCc1ccc(N(C)CC(=O)NCC)c(C#N)c1. The van der Waals surface area contributed by atoms with Gasteiger partial charge >= 0.3 is 0 Å². The van der Waals surface area contributed by atoms with E-state index in [4.69, 9.17) is 0 Å².